The number of pyridine rings is 2. The van der Waals surface area contributed by atoms with E-state index in [4.69, 9.17) is 0 Å². The van der Waals surface area contributed by atoms with Crippen LogP contribution in [0, 0.1) is 13.8 Å². The molecule has 4 rings (SSSR count). The Hall–Kier alpha value is -3.72. The number of carbonyl (C=O) groups is 1. The Labute approximate surface area is 173 Å². The van der Waals surface area contributed by atoms with Crippen molar-refractivity contribution in [1.29, 1.82) is 0 Å². The number of amides is 1. The van der Waals surface area contributed by atoms with Gasteiger partial charge in [0.2, 0.25) is 0 Å². The van der Waals surface area contributed by atoms with Gasteiger partial charge in [0.25, 0.3) is 15.9 Å². The Balaban J connectivity index is 1.55. The van der Waals surface area contributed by atoms with Gasteiger partial charge in [0.05, 0.1) is 10.6 Å². The Morgan fingerprint density at radius 1 is 1.00 bits per heavy atom. The Morgan fingerprint density at radius 2 is 1.77 bits per heavy atom. The van der Waals surface area contributed by atoms with Crippen molar-refractivity contribution in [1.82, 2.24) is 14.4 Å². The molecule has 0 aliphatic rings. The van der Waals surface area contributed by atoms with Gasteiger partial charge in [-0.05, 0) is 61.9 Å². The fourth-order valence-electron chi connectivity index (χ4n) is 3.07. The number of anilines is 2. The normalized spacial score (nSPS) is 11.4. The zero-order valence-electron chi connectivity index (χ0n) is 16.3. The number of aryl methyl sites for hydroxylation is 2. The number of rotatable bonds is 5. The molecule has 2 N–H and O–H groups in total. The van der Waals surface area contributed by atoms with Crippen molar-refractivity contribution in [3.05, 3.63) is 83.9 Å². The van der Waals surface area contributed by atoms with E-state index in [-0.39, 0.29) is 16.6 Å². The van der Waals surface area contributed by atoms with Gasteiger partial charge in [0, 0.05) is 18.1 Å². The number of aromatic nitrogens is 3. The second-order valence-corrected chi connectivity index (χ2v) is 8.46. The molecule has 0 aliphatic carbocycles. The summed E-state index contributed by atoms with van der Waals surface area (Å²) < 4.78 is 29.1. The van der Waals surface area contributed by atoms with E-state index < -0.39 is 10.0 Å². The predicted octanol–water partition coefficient (Wildman–Crippen LogP) is 3.40. The lowest BCUT2D eigenvalue weighted by atomic mass is 10.2. The van der Waals surface area contributed by atoms with E-state index in [2.05, 4.69) is 20.0 Å². The van der Waals surface area contributed by atoms with Crippen molar-refractivity contribution < 1.29 is 13.2 Å². The molecule has 1 amide bonds. The van der Waals surface area contributed by atoms with E-state index in [1.165, 1.54) is 30.5 Å². The van der Waals surface area contributed by atoms with E-state index in [1.807, 2.05) is 25.3 Å². The zero-order chi connectivity index (χ0) is 21.3. The fourth-order valence-corrected chi connectivity index (χ4v) is 4.08. The van der Waals surface area contributed by atoms with Crippen molar-refractivity contribution in [2.75, 3.05) is 10.0 Å². The van der Waals surface area contributed by atoms with Gasteiger partial charge in [-0.2, -0.15) is 0 Å². The molecular weight excluding hydrogens is 402 g/mol. The molecule has 0 saturated carbocycles. The first-order valence-electron chi connectivity index (χ1n) is 9.14. The molecule has 0 unspecified atom stereocenters. The van der Waals surface area contributed by atoms with Crippen LogP contribution in [0.4, 0.5) is 11.5 Å². The summed E-state index contributed by atoms with van der Waals surface area (Å²) in [5, 5.41) is 2.80. The summed E-state index contributed by atoms with van der Waals surface area (Å²) in [6.07, 6.45) is 3.35. The maximum absolute atomic E-state index is 12.8. The Bertz CT molecular complexity index is 1330. The molecular formula is C21H19N5O3S. The molecule has 8 nitrogen and oxygen atoms in total. The van der Waals surface area contributed by atoms with Crippen LogP contribution in [0.2, 0.25) is 0 Å². The first-order chi connectivity index (χ1) is 14.3. The molecule has 3 aromatic heterocycles. The van der Waals surface area contributed by atoms with Crippen LogP contribution in [0.25, 0.3) is 5.65 Å². The van der Waals surface area contributed by atoms with Crippen LogP contribution in [0.1, 0.15) is 21.7 Å². The van der Waals surface area contributed by atoms with Gasteiger partial charge in [-0.15, -0.1) is 0 Å². The standard InChI is InChI=1S/C21H19N5O3S/c1-14-6-11-19-23-15(2)20(26(19)13-14)21(27)24-16-7-9-17(10-8-16)30(28,29)25-18-5-3-4-12-22-18/h3-13H,1-2H3,(H,22,25)(H,24,27). The summed E-state index contributed by atoms with van der Waals surface area (Å²) in [7, 11) is -3.78. The van der Waals surface area contributed by atoms with E-state index in [1.54, 1.807) is 29.5 Å². The molecule has 3 heterocycles. The van der Waals surface area contributed by atoms with E-state index >= 15 is 0 Å². The third-order valence-electron chi connectivity index (χ3n) is 4.48. The number of carbonyl (C=O) groups excluding carboxylic acids is 1. The third-order valence-corrected chi connectivity index (χ3v) is 5.85. The molecule has 0 radical (unpaired) electrons. The van der Waals surface area contributed by atoms with E-state index in [9.17, 15) is 13.2 Å². The van der Waals surface area contributed by atoms with Crippen LogP contribution in [-0.2, 0) is 10.0 Å². The lowest BCUT2D eigenvalue weighted by molar-refractivity contribution is 0.102. The average molecular weight is 421 g/mol. The van der Waals surface area contributed by atoms with Gasteiger partial charge < -0.3 is 5.32 Å². The molecule has 0 fully saturated rings. The highest BCUT2D eigenvalue weighted by Gasteiger charge is 2.18. The number of imidazole rings is 1. The SMILES string of the molecule is Cc1ccc2nc(C)c(C(=O)Nc3ccc(S(=O)(=O)Nc4ccccn4)cc3)n2c1. The second-order valence-electron chi connectivity index (χ2n) is 6.78. The van der Waals surface area contributed by atoms with Gasteiger partial charge in [-0.1, -0.05) is 12.1 Å². The quantitative estimate of drug-likeness (QED) is 0.514. The molecule has 30 heavy (non-hydrogen) atoms. The van der Waals surface area contributed by atoms with Crippen molar-refractivity contribution in [2.45, 2.75) is 18.7 Å². The highest BCUT2D eigenvalue weighted by molar-refractivity contribution is 7.92. The number of hydrogen-bond donors (Lipinski definition) is 2. The summed E-state index contributed by atoms with van der Waals surface area (Å²) in [6, 6.07) is 14.7. The lowest BCUT2D eigenvalue weighted by Gasteiger charge is -2.09. The molecule has 0 bridgehead atoms. The number of sulfonamides is 1. The molecule has 0 atom stereocenters. The first-order valence-corrected chi connectivity index (χ1v) is 10.6. The van der Waals surface area contributed by atoms with Crippen molar-refractivity contribution in [2.24, 2.45) is 0 Å². The molecule has 0 aliphatic heterocycles. The number of hydrogen-bond acceptors (Lipinski definition) is 5. The van der Waals surface area contributed by atoms with Crippen LogP contribution in [0.5, 0.6) is 0 Å². The molecule has 4 aromatic rings. The Kier molecular flexibility index (Phi) is 4.96. The largest absolute Gasteiger partial charge is 0.321 e. The third kappa shape index (κ3) is 3.87. The van der Waals surface area contributed by atoms with Crippen LogP contribution in [0.15, 0.2) is 71.9 Å². The van der Waals surface area contributed by atoms with Gasteiger partial charge in [0.15, 0.2) is 0 Å². The fraction of sp³-hybridized carbons (Fsp3) is 0.0952. The van der Waals surface area contributed by atoms with Crippen molar-refractivity contribution in [3.8, 4) is 0 Å². The van der Waals surface area contributed by atoms with E-state index in [0.29, 0.717) is 22.7 Å². The minimum Gasteiger partial charge on any atom is -0.321 e. The topological polar surface area (TPSA) is 105 Å². The van der Waals surface area contributed by atoms with E-state index in [0.717, 1.165) is 5.56 Å². The predicted molar refractivity (Wildman–Crippen MR) is 114 cm³/mol. The van der Waals surface area contributed by atoms with Crippen LogP contribution >= 0.6 is 0 Å². The summed E-state index contributed by atoms with van der Waals surface area (Å²) in [5.74, 6) is -0.0962. The number of benzene rings is 1. The monoisotopic (exact) mass is 421 g/mol. The van der Waals surface area contributed by atoms with Gasteiger partial charge in [0.1, 0.15) is 17.2 Å². The molecule has 0 saturated heterocycles. The highest BCUT2D eigenvalue weighted by Crippen LogP contribution is 2.19. The summed E-state index contributed by atoms with van der Waals surface area (Å²) in [6.45, 7) is 3.71. The van der Waals surface area contributed by atoms with Gasteiger partial charge >= 0.3 is 0 Å². The summed E-state index contributed by atoms with van der Waals surface area (Å²) >= 11 is 0. The molecule has 0 spiro atoms. The number of nitrogens with zero attached hydrogens (tertiary/aromatic N) is 3. The molecule has 1 aromatic carbocycles. The zero-order valence-corrected chi connectivity index (χ0v) is 17.1. The number of fused-ring (bicyclic) bond motifs is 1. The minimum atomic E-state index is -3.78. The molecule has 9 heteroatoms. The lowest BCUT2D eigenvalue weighted by Crippen LogP contribution is -2.16. The van der Waals surface area contributed by atoms with Gasteiger partial charge in [-0.3, -0.25) is 13.9 Å². The maximum atomic E-state index is 12.8. The van der Waals surface area contributed by atoms with Crippen LogP contribution < -0.4 is 10.0 Å². The smallest absolute Gasteiger partial charge is 0.274 e. The average Bonchev–Trinajstić information content (AvgIpc) is 3.04. The van der Waals surface area contributed by atoms with Crippen molar-refractivity contribution in [3.63, 3.8) is 0 Å². The highest BCUT2D eigenvalue weighted by atomic mass is 32.2. The molecule has 152 valence electrons. The number of nitrogens with one attached hydrogen (secondary N) is 2. The van der Waals surface area contributed by atoms with Gasteiger partial charge in [-0.25, -0.2) is 18.4 Å². The van der Waals surface area contributed by atoms with Crippen LogP contribution in [-0.4, -0.2) is 28.7 Å². The first kappa shape index (κ1) is 19.6. The maximum Gasteiger partial charge on any atom is 0.274 e. The Morgan fingerprint density at radius 3 is 2.47 bits per heavy atom. The van der Waals surface area contributed by atoms with Crippen molar-refractivity contribution >= 4 is 33.1 Å². The second kappa shape index (κ2) is 7.60. The van der Waals surface area contributed by atoms with Crippen LogP contribution in [0.3, 0.4) is 0 Å². The summed E-state index contributed by atoms with van der Waals surface area (Å²) in [4.78, 5) is 21.3. The minimum absolute atomic E-state index is 0.0627. The summed E-state index contributed by atoms with van der Waals surface area (Å²) in [5.41, 5.74) is 3.20.